The van der Waals surface area contributed by atoms with Crippen molar-refractivity contribution >= 4 is 5.91 Å². The van der Waals surface area contributed by atoms with Gasteiger partial charge in [0.25, 0.3) is 0 Å². The summed E-state index contributed by atoms with van der Waals surface area (Å²) in [5.41, 5.74) is 1.23. The second kappa shape index (κ2) is 6.48. The zero-order valence-corrected chi connectivity index (χ0v) is 12.7. The van der Waals surface area contributed by atoms with Gasteiger partial charge in [0, 0.05) is 13.1 Å². The average molecular weight is 288 g/mol. The number of rotatable bonds is 3. The molecule has 0 saturated carbocycles. The SMILES string of the molecule is COc1ccc(C2CCCN2C(=O)[C@@H]2CCCNC2)cc1. The number of carbonyl (C=O) groups is 1. The molecule has 3 rings (SSSR count). The maximum Gasteiger partial charge on any atom is 0.227 e. The summed E-state index contributed by atoms with van der Waals surface area (Å²) in [6.07, 6.45) is 4.30. The Bertz CT molecular complexity index is 480. The number of carbonyl (C=O) groups excluding carboxylic acids is 1. The number of amides is 1. The molecule has 114 valence electrons. The first-order valence-corrected chi connectivity index (χ1v) is 7.95. The number of likely N-dealkylation sites (tertiary alicyclic amines) is 1. The van der Waals surface area contributed by atoms with Gasteiger partial charge >= 0.3 is 0 Å². The Labute approximate surface area is 126 Å². The van der Waals surface area contributed by atoms with Crippen LogP contribution in [0.15, 0.2) is 24.3 Å². The molecule has 0 aliphatic carbocycles. The summed E-state index contributed by atoms with van der Waals surface area (Å²) in [4.78, 5) is 14.9. The van der Waals surface area contributed by atoms with Gasteiger partial charge in [0.1, 0.15) is 5.75 Å². The van der Waals surface area contributed by atoms with Crippen molar-refractivity contribution in [2.45, 2.75) is 31.7 Å². The molecule has 1 amide bonds. The molecule has 2 aliphatic heterocycles. The lowest BCUT2D eigenvalue weighted by Crippen LogP contribution is -2.42. The smallest absolute Gasteiger partial charge is 0.227 e. The normalized spacial score (nSPS) is 25.9. The molecule has 2 saturated heterocycles. The van der Waals surface area contributed by atoms with Gasteiger partial charge in [-0.15, -0.1) is 0 Å². The van der Waals surface area contributed by atoms with Crippen LogP contribution in [-0.2, 0) is 4.79 Å². The summed E-state index contributed by atoms with van der Waals surface area (Å²) < 4.78 is 5.21. The molecule has 1 N–H and O–H groups in total. The number of nitrogens with one attached hydrogen (secondary N) is 1. The highest BCUT2D eigenvalue weighted by Crippen LogP contribution is 2.34. The van der Waals surface area contributed by atoms with Crippen LogP contribution in [-0.4, -0.2) is 37.6 Å². The van der Waals surface area contributed by atoms with E-state index < -0.39 is 0 Å². The molecule has 1 aromatic carbocycles. The molecule has 0 spiro atoms. The van der Waals surface area contributed by atoms with Gasteiger partial charge in [-0.1, -0.05) is 12.1 Å². The Morgan fingerprint density at radius 2 is 2.05 bits per heavy atom. The number of methoxy groups -OCH3 is 1. The van der Waals surface area contributed by atoms with Crippen molar-refractivity contribution in [2.75, 3.05) is 26.7 Å². The van der Waals surface area contributed by atoms with E-state index in [2.05, 4.69) is 22.3 Å². The summed E-state index contributed by atoms with van der Waals surface area (Å²) in [6, 6.07) is 8.39. The van der Waals surface area contributed by atoms with Crippen LogP contribution in [0.2, 0.25) is 0 Å². The second-order valence-electron chi connectivity index (χ2n) is 6.01. The predicted molar refractivity (Wildman–Crippen MR) is 82.3 cm³/mol. The Morgan fingerprint density at radius 3 is 2.71 bits per heavy atom. The first-order valence-electron chi connectivity index (χ1n) is 7.95. The fourth-order valence-corrected chi connectivity index (χ4v) is 3.50. The van der Waals surface area contributed by atoms with E-state index in [1.54, 1.807) is 7.11 Å². The fraction of sp³-hybridized carbons (Fsp3) is 0.588. The third-order valence-corrected chi connectivity index (χ3v) is 4.68. The van der Waals surface area contributed by atoms with Gasteiger partial charge in [0.15, 0.2) is 0 Å². The van der Waals surface area contributed by atoms with Gasteiger partial charge in [-0.05, 0) is 49.9 Å². The van der Waals surface area contributed by atoms with E-state index in [1.165, 1.54) is 5.56 Å². The molecule has 4 heteroatoms. The van der Waals surface area contributed by atoms with Crippen LogP contribution < -0.4 is 10.1 Å². The monoisotopic (exact) mass is 288 g/mol. The minimum atomic E-state index is 0.164. The number of benzene rings is 1. The highest BCUT2D eigenvalue weighted by molar-refractivity contribution is 5.80. The minimum Gasteiger partial charge on any atom is -0.497 e. The van der Waals surface area contributed by atoms with Gasteiger partial charge in [-0.2, -0.15) is 0 Å². The van der Waals surface area contributed by atoms with Gasteiger partial charge in [0.05, 0.1) is 19.1 Å². The lowest BCUT2D eigenvalue weighted by molar-refractivity contribution is -0.137. The van der Waals surface area contributed by atoms with E-state index in [0.29, 0.717) is 5.91 Å². The van der Waals surface area contributed by atoms with E-state index >= 15 is 0 Å². The summed E-state index contributed by atoms with van der Waals surface area (Å²) in [5, 5.41) is 3.34. The largest absolute Gasteiger partial charge is 0.497 e. The highest BCUT2D eigenvalue weighted by atomic mass is 16.5. The van der Waals surface area contributed by atoms with Gasteiger partial charge in [-0.3, -0.25) is 4.79 Å². The van der Waals surface area contributed by atoms with E-state index in [0.717, 1.165) is 51.1 Å². The van der Waals surface area contributed by atoms with Crippen LogP contribution in [0.4, 0.5) is 0 Å². The molecule has 2 aliphatic rings. The Morgan fingerprint density at radius 1 is 1.24 bits per heavy atom. The van der Waals surface area contributed by atoms with Gasteiger partial charge in [-0.25, -0.2) is 0 Å². The maximum atomic E-state index is 12.8. The molecular formula is C17H24N2O2. The summed E-state index contributed by atoms with van der Waals surface area (Å²) in [7, 11) is 1.68. The molecule has 1 aromatic rings. The van der Waals surface area contributed by atoms with Crippen LogP contribution in [0.1, 0.15) is 37.3 Å². The Hall–Kier alpha value is -1.55. The molecular weight excluding hydrogens is 264 g/mol. The zero-order valence-electron chi connectivity index (χ0n) is 12.7. The topological polar surface area (TPSA) is 41.6 Å². The molecule has 2 atom stereocenters. The van der Waals surface area contributed by atoms with Gasteiger partial charge < -0.3 is 15.0 Å². The maximum absolute atomic E-state index is 12.8. The molecule has 0 aromatic heterocycles. The third-order valence-electron chi connectivity index (χ3n) is 4.68. The van der Waals surface area contributed by atoms with Crippen LogP contribution >= 0.6 is 0 Å². The summed E-state index contributed by atoms with van der Waals surface area (Å²) in [5.74, 6) is 1.37. The molecule has 21 heavy (non-hydrogen) atoms. The summed E-state index contributed by atoms with van der Waals surface area (Å²) >= 11 is 0. The Balaban J connectivity index is 1.73. The molecule has 2 heterocycles. The highest BCUT2D eigenvalue weighted by Gasteiger charge is 2.34. The lowest BCUT2D eigenvalue weighted by Gasteiger charge is -2.31. The third kappa shape index (κ3) is 3.05. The quantitative estimate of drug-likeness (QED) is 0.928. The lowest BCUT2D eigenvalue weighted by atomic mass is 9.96. The van der Waals surface area contributed by atoms with Crippen LogP contribution in [0.3, 0.4) is 0 Å². The van der Waals surface area contributed by atoms with Crippen molar-refractivity contribution in [3.8, 4) is 5.75 Å². The standard InChI is InChI=1S/C17H24N2O2/c1-21-15-8-6-13(7-9-15)16-5-3-11-19(16)17(20)14-4-2-10-18-12-14/h6-9,14,16,18H,2-5,10-12H2,1H3/t14-,16?/m1/s1. The summed E-state index contributed by atoms with van der Waals surface area (Å²) in [6.45, 7) is 2.78. The van der Waals surface area contributed by atoms with E-state index in [1.807, 2.05) is 12.1 Å². The number of hydrogen-bond acceptors (Lipinski definition) is 3. The molecule has 2 fully saturated rings. The van der Waals surface area contributed by atoms with Gasteiger partial charge in [0.2, 0.25) is 5.91 Å². The first-order chi connectivity index (χ1) is 10.3. The number of ether oxygens (including phenoxy) is 1. The van der Waals surface area contributed by atoms with Crippen LogP contribution in [0.5, 0.6) is 5.75 Å². The van der Waals surface area contributed by atoms with Crippen LogP contribution in [0.25, 0.3) is 0 Å². The van der Waals surface area contributed by atoms with Crippen molar-refractivity contribution < 1.29 is 9.53 Å². The van der Waals surface area contributed by atoms with E-state index in [-0.39, 0.29) is 12.0 Å². The second-order valence-corrected chi connectivity index (χ2v) is 6.01. The molecule has 0 radical (unpaired) electrons. The average Bonchev–Trinajstić information content (AvgIpc) is 3.04. The van der Waals surface area contributed by atoms with Crippen molar-refractivity contribution in [3.05, 3.63) is 29.8 Å². The zero-order chi connectivity index (χ0) is 14.7. The number of hydrogen-bond donors (Lipinski definition) is 1. The molecule has 0 bridgehead atoms. The van der Waals surface area contributed by atoms with Crippen molar-refractivity contribution in [3.63, 3.8) is 0 Å². The van der Waals surface area contributed by atoms with Crippen molar-refractivity contribution in [1.82, 2.24) is 10.2 Å². The van der Waals surface area contributed by atoms with E-state index in [4.69, 9.17) is 4.74 Å². The van der Waals surface area contributed by atoms with Crippen molar-refractivity contribution in [1.29, 1.82) is 0 Å². The van der Waals surface area contributed by atoms with E-state index in [9.17, 15) is 4.79 Å². The van der Waals surface area contributed by atoms with Crippen LogP contribution in [0, 0.1) is 5.92 Å². The minimum absolute atomic E-state index is 0.164. The molecule has 1 unspecified atom stereocenters. The first kappa shape index (κ1) is 14.4. The predicted octanol–water partition coefficient (Wildman–Crippen LogP) is 2.36. The number of piperidine rings is 1. The van der Waals surface area contributed by atoms with Crippen molar-refractivity contribution in [2.24, 2.45) is 5.92 Å². The fourth-order valence-electron chi connectivity index (χ4n) is 3.50. The number of nitrogens with zero attached hydrogens (tertiary/aromatic N) is 1. The Kier molecular flexibility index (Phi) is 4.44. The molecule has 4 nitrogen and oxygen atoms in total.